The van der Waals surface area contributed by atoms with E-state index in [1.54, 1.807) is 0 Å². The minimum atomic E-state index is 0.00116. The second-order valence-electron chi connectivity index (χ2n) is 5.02. The Labute approximate surface area is 115 Å². The highest BCUT2D eigenvalue weighted by Gasteiger charge is 2.38. The third-order valence-electron chi connectivity index (χ3n) is 4.01. The zero-order chi connectivity index (χ0) is 12.5. The Morgan fingerprint density at radius 1 is 1.41 bits per heavy atom. The van der Waals surface area contributed by atoms with E-state index in [4.69, 9.17) is 0 Å². The predicted molar refractivity (Wildman–Crippen MR) is 74.4 cm³/mol. The molecule has 0 aromatic rings. The minimum absolute atomic E-state index is 0.00116. The topological polar surface area (TPSA) is 20.3 Å². The van der Waals surface area contributed by atoms with Gasteiger partial charge in [-0.3, -0.25) is 4.79 Å². The molecule has 4 heteroatoms. The number of allylic oxidation sites excluding steroid dienone is 2. The van der Waals surface area contributed by atoms with Gasteiger partial charge in [0.25, 0.3) is 0 Å². The Balaban J connectivity index is 1.99. The number of amides is 1. The van der Waals surface area contributed by atoms with Gasteiger partial charge in [-0.05, 0) is 59.8 Å². The fraction of sp³-hybridized carbons (Fsp3) is 0.615. The molecule has 94 valence electrons. The molecule has 0 radical (unpaired) electrons. The molecule has 2 nitrogen and oxygen atoms in total. The van der Waals surface area contributed by atoms with Gasteiger partial charge in [-0.2, -0.15) is 0 Å². The molecule has 0 saturated carbocycles. The number of halogens is 2. The van der Waals surface area contributed by atoms with E-state index in [-0.39, 0.29) is 17.1 Å². The SMILES string of the molecule is C=CC(=O)N1CCC2(CCC(I)=C(F)C2)CC1. The lowest BCUT2D eigenvalue weighted by Gasteiger charge is -2.43. The molecule has 1 amide bonds. The van der Waals surface area contributed by atoms with Gasteiger partial charge < -0.3 is 4.90 Å². The summed E-state index contributed by atoms with van der Waals surface area (Å²) in [5.41, 5.74) is 0.108. The molecule has 1 aliphatic carbocycles. The first-order valence-corrected chi connectivity index (χ1v) is 7.09. The summed E-state index contributed by atoms with van der Waals surface area (Å²) in [6.45, 7) is 4.99. The van der Waals surface area contributed by atoms with Gasteiger partial charge >= 0.3 is 0 Å². The number of nitrogens with zero attached hydrogens (tertiary/aromatic N) is 1. The second kappa shape index (κ2) is 5.08. The van der Waals surface area contributed by atoms with Crippen molar-refractivity contribution in [1.82, 2.24) is 4.90 Å². The zero-order valence-corrected chi connectivity index (χ0v) is 12.0. The van der Waals surface area contributed by atoms with E-state index in [0.717, 1.165) is 42.4 Å². The third-order valence-corrected chi connectivity index (χ3v) is 5.13. The summed E-state index contributed by atoms with van der Waals surface area (Å²) in [5.74, 6) is 0.0709. The first-order chi connectivity index (χ1) is 8.06. The Hall–Kier alpha value is -0.390. The van der Waals surface area contributed by atoms with Crippen molar-refractivity contribution in [2.24, 2.45) is 5.41 Å². The second-order valence-corrected chi connectivity index (χ2v) is 6.32. The van der Waals surface area contributed by atoms with Crippen molar-refractivity contribution in [2.45, 2.75) is 32.1 Å². The van der Waals surface area contributed by atoms with Crippen LogP contribution in [0, 0.1) is 5.41 Å². The lowest BCUT2D eigenvalue weighted by Crippen LogP contribution is -2.43. The molecule has 2 aliphatic rings. The maximum Gasteiger partial charge on any atom is 0.245 e. The van der Waals surface area contributed by atoms with Crippen LogP contribution in [0.3, 0.4) is 0 Å². The molecule has 0 N–H and O–H groups in total. The van der Waals surface area contributed by atoms with Crippen molar-refractivity contribution < 1.29 is 9.18 Å². The van der Waals surface area contributed by atoms with Crippen LogP contribution >= 0.6 is 22.6 Å². The summed E-state index contributed by atoms with van der Waals surface area (Å²) >= 11 is 2.11. The van der Waals surface area contributed by atoms with Crippen LogP contribution in [0.1, 0.15) is 32.1 Å². The highest BCUT2D eigenvalue weighted by atomic mass is 127. The zero-order valence-electron chi connectivity index (χ0n) is 9.85. The van der Waals surface area contributed by atoms with E-state index in [2.05, 4.69) is 29.2 Å². The number of hydrogen-bond acceptors (Lipinski definition) is 1. The number of likely N-dealkylation sites (tertiary alicyclic amines) is 1. The fourth-order valence-electron chi connectivity index (χ4n) is 2.78. The van der Waals surface area contributed by atoms with Gasteiger partial charge in [0.05, 0.1) is 0 Å². The molecule has 0 atom stereocenters. The normalized spacial score (nSPS) is 24.0. The average molecular weight is 349 g/mol. The number of carbonyl (C=O) groups excluding carboxylic acids is 1. The molecule has 0 aromatic carbocycles. The van der Waals surface area contributed by atoms with Crippen LogP contribution in [0.15, 0.2) is 22.1 Å². The van der Waals surface area contributed by atoms with Crippen molar-refractivity contribution in [1.29, 1.82) is 0 Å². The van der Waals surface area contributed by atoms with Crippen LogP contribution in [-0.2, 0) is 4.79 Å². The molecule has 1 fully saturated rings. The molecule has 1 heterocycles. The lowest BCUT2D eigenvalue weighted by molar-refractivity contribution is -0.128. The standard InChI is InChI=1S/C13H17FINO/c1-2-12(17)16-7-5-13(6-8-16)4-3-11(15)10(14)9-13/h2H,1,3-9H2. The van der Waals surface area contributed by atoms with Crippen molar-refractivity contribution in [2.75, 3.05) is 13.1 Å². The van der Waals surface area contributed by atoms with E-state index in [1.807, 2.05) is 4.90 Å². The Kier molecular flexibility index (Phi) is 3.90. The van der Waals surface area contributed by atoms with E-state index < -0.39 is 0 Å². The van der Waals surface area contributed by atoms with Crippen LogP contribution in [0.4, 0.5) is 4.39 Å². The van der Waals surface area contributed by atoms with Crippen molar-refractivity contribution in [3.63, 3.8) is 0 Å². The van der Waals surface area contributed by atoms with Crippen LogP contribution < -0.4 is 0 Å². The first-order valence-electron chi connectivity index (χ1n) is 6.01. The highest BCUT2D eigenvalue weighted by molar-refractivity contribution is 14.1. The quantitative estimate of drug-likeness (QED) is 0.523. The molecular weight excluding hydrogens is 332 g/mol. The van der Waals surface area contributed by atoms with Gasteiger partial charge in [0, 0.05) is 23.1 Å². The Morgan fingerprint density at radius 3 is 2.59 bits per heavy atom. The number of rotatable bonds is 1. The maximum atomic E-state index is 13.7. The van der Waals surface area contributed by atoms with Crippen LogP contribution in [0.5, 0.6) is 0 Å². The molecular formula is C13H17FINO. The minimum Gasteiger partial charge on any atom is -0.339 e. The van der Waals surface area contributed by atoms with Gasteiger partial charge in [-0.1, -0.05) is 6.58 Å². The van der Waals surface area contributed by atoms with Gasteiger partial charge in [-0.15, -0.1) is 0 Å². The summed E-state index contributed by atoms with van der Waals surface area (Å²) in [7, 11) is 0. The lowest BCUT2D eigenvalue weighted by atomic mass is 9.70. The largest absolute Gasteiger partial charge is 0.339 e. The first kappa shape index (κ1) is 13.1. The number of hydrogen-bond donors (Lipinski definition) is 0. The number of carbonyl (C=O) groups is 1. The van der Waals surface area contributed by atoms with Crippen molar-refractivity contribution >= 4 is 28.5 Å². The summed E-state index contributed by atoms with van der Waals surface area (Å²) in [4.78, 5) is 13.3. The molecule has 0 bridgehead atoms. The molecule has 1 spiro atoms. The van der Waals surface area contributed by atoms with Crippen LogP contribution in [0.2, 0.25) is 0 Å². The Bertz CT molecular complexity index is 370. The Morgan fingerprint density at radius 2 is 2.06 bits per heavy atom. The number of piperidine rings is 1. The van der Waals surface area contributed by atoms with Gasteiger partial charge in [-0.25, -0.2) is 4.39 Å². The van der Waals surface area contributed by atoms with E-state index in [1.165, 1.54) is 6.08 Å². The molecule has 17 heavy (non-hydrogen) atoms. The maximum absolute atomic E-state index is 13.7. The molecule has 1 aliphatic heterocycles. The third kappa shape index (κ3) is 2.72. The van der Waals surface area contributed by atoms with E-state index in [0.29, 0.717) is 6.42 Å². The van der Waals surface area contributed by atoms with Gasteiger partial charge in [0.1, 0.15) is 5.83 Å². The highest BCUT2D eigenvalue weighted by Crippen LogP contribution is 2.48. The van der Waals surface area contributed by atoms with Crippen LogP contribution in [0.25, 0.3) is 0 Å². The average Bonchev–Trinajstić information content (AvgIpc) is 2.34. The van der Waals surface area contributed by atoms with Crippen molar-refractivity contribution in [3.8, 4) is 0 Å². The summed E-state index contributed by atoms with van der Waals surface area (Å²) in [6, 6.07) is 0. The molecule has 0 aromatic heterocycles. The summed E-state index contributed by atoms with van der Waals surface area (Å²) in [6.07, 6.45) is 5.70. The fourth-order valence-corrected chi connectivity index (χ4v) is 3.24. The smallest absolute Gasteiger partial charge is 0.245 e. The molecule has 0 unspecified atom stereocenters. The molecule has 2 rings (SSSR count). The molecule has 1 saturated heterocycles. The van der Waals surface area contributed by atoms with Crippen molar-refractivity contribution in [3.05, 3.63) is 22.1 Å². The van der Waals surface area contributed by atoms with E-state index in [9.17, 15) is 9.18 Å². The van der Waals surface area contributed by atoms with Gasteiger partial charge in [0.15, 0.2) is 0 Å². The predicted octanol–water partition coefficient (Wildman–Crippen LogP) is 3.58. The van der Waals surface area contributed by atoms with E-state index >= 15 is 0 Å². The summed E-state index contributed by atoms with van der Waals surface area (Å²) < 4.78 is 14.6. The monoisotopic (exact) mass is 349 g/mol. The van der Waals surface area contributed by atoms with Gasteiger partial charge in [0.2, 0.25) is 5.91 Å². The van der Waals surface area contributed by atoms with Crippen LogP contribution in [-0.4, -0.2) is 23.9 Å². The summed E-state index contributed by atoms with van der Waals surface area (Å²) in [5, 5.41) is 0.